The Kier molecular flexibility index (Phi) is 62.6. The summed E-state index contributed by atoms with van der Waals surface area (Å²) in [6.45, 7) is 6.68. The van der Waals surface area contributed by atoms with E-state index in [-0.39, 0.29) is 31.1 Å². The molecule has 1 atom stereocenters. The quantitative estimate of drug-likeness (QED) is 0.0261. The molecule has 6 heteroatoms. The smallest absolute Gasteiger partial charge is 0.306 e. The van der Waals surface area contributed by atoms with Crippen molar-refractivity contribution in [2.24, 2.45) is 0 Å². The van der Waals surface area contributed by atoms with Gasteiger partial charge in [-0.05, 0) is 83.5 Å². The van der Waals surface area contributed by atoms with Gasteiger partial charge in [0.25, 0.3) is 0 Å². The van der Waals surface area contributed by atoms with E-state index in [9.17, 15) is 14.4 Å². The Morgan fingerprint density at radius 1 is 0.263 bits per heavy atom. The van der Waals surface area contributed by atoms with Crippen LogP contribution in [0.25, 0.3) is 0 Å². The van der Waals surface area contributed by atoms with Gasteiger partial charge in [-0.1, -0.05) is 307 Å². The highest BCUT2D eigenvalue weighted by atomic mass is 16.6. The zero-order chi connectivity index (χ0) is 55.0. The molecule has 0 rings (SSSR count). The number of esters is 3. The van der Waals surface area contributed by atoms with Gasteiger partial charge in [0.05, 0.1) is 0 Å². The van der Waals surface area contributed by atoms with Crippen molar-refractivity contribution in [2.45, 2.75) is 367 Å². The molecule has 0 radical (unpaired) electrons. The van der Waals surface area contributed by atoms with E-state index in [1.807, 2.05) is 0 Å². The number of hydrogen-bond donors (Lipinski definition) is 0. The largest absolute Gasteiger partial charge is 0.462 e. The number of ether oxygens (including phenoxy) is 3. The fraction of sp³-hybridized carbons (Fsp3) is 0.843. The maximum absolute atomic E-state index is 12.9. The molecule has 0 aliphatic heterocycles. The Hall–Kier alpha value is -2.63. The van der Waals surface area contributed by atoms with Gasteiger partial charge in [-0.3, -0.25) is 14.4 Å². The van der Waals surface area contributed by atoms with Gasteiger partial charge in [-0.25, -0.2) is 0 Å². The van der Waals surface area contributed by atoms with Crippen LogP contribution in [0.4, 0.5) is 0 Å². The molecule has 1 unspecified atom stereocenters. The number of hydrogen-bond acceptors (Lipinski definition) is 6. The maximum atomic E-state index is 12.9. The molecule has 6 nitrogen and oxygen atoms in total. The average Bonchev–Trinajstić information content (AvgIpc) is 3.42. The van der Waals surface area contributed by atoms with E-state index < -0.39 is 6.10 Å². The molecule has 0 aromatic heterocycles. The van der Waals surface area contributed by atoms with Crippen LogP contribution >= 0.6 is 0 Å². The summed E-state index contributed by atoms with van der Waals surface area (Å²) >= 11 is 0. The molecule has 0 aromatic carbocycles. The highest BCUT2D eigenvalue weighted by Gasteiger charge is 2.19. The molecule has 0 fully saturated rings. The molecular formula is C70H128O6. The fourth-order valence-electron chi connectivity index (χ4n) is 9.98. The van der Waals surface area contributed by atoms with Crippen molar-refractivity contribution < 1.29 is 28.6 Å². The molecule has 0 aromatic rings. The van der Waals surface area contributed by atoms with Crippen LogP contribution in [-0.2, 0) is 28.6 Å². The third-order valence-corrected chi connectivity index (χ3v) is 15.1. The predicted octanol–water partition coefficient (Wildman–Crippen LogP) is 22.9. The van der Waals surface area contributed by atoms with Gasteiger partial charge in [0, 0.05) is 19.3 Å². The van der Waals surface area contributed by atoms with E-state index in [1.54, 1.807) is 0 Å². The summed E-state index contributed by atoms with van der Waals surface area (Å²) in [6.07, 6.45) is 81.1. The van der Waals surface area contributed by atoms with Crippen LogP contribution in [0.1, 0.15) is 361 Å². The topological polar surface area (TPSA) is 78.9 Å². The lowest BCUT2D eigenvalue weighted by molar-refractivity contribution is -0.167. The SMILES string of the molecule is CCCCCCC/C=C\C/C=C\CCCCCCCCCCCC(=O)OCC(COC(=O)CCCCCCCCCCCCCCCCCC)OC(=O)CCCCCCCCCCC/C=C\C/C=C\CCCCCCC. The van der Waals surface area contributed by atoms with E-state index in [1.165, 1.54) is 250 Å². The van der Waals surface area contributed by atoms with Gasteiger partial charge >= 0.3 is 17.9 Å². The van der Waals surface area contributed by atoms with Gasteiger partial charge in [0.2, 0.25) is 0 Å². The van der Waals surface area contributed by atoms with Crippen molar-refractivity contribution in [3.8, 4) is 0 Å². The number of rotatable bonds is 62. The molecule has 0 N–H and O–H groups in total. The summed E-state index contributed by atoms with van der Waals surface area (Å²) in [7, 11) is 0. The third kappa shape index (κ3) is 62.2. The van der Waals surface area contributed by atoms with Crippen molar-refractivity contribution >= 4 is 17.9 Å². The molecule has 0 saturated carbocycles. The summed E-state index contributed by atoms with van der Waals surface area (Å²) in [5, 5.41) is 0. The van der Waals surface area contributed by atoms with Gasteiger partial charge in [-0.2, -0.15) is 0 Å². The molecule has 76 heavy (non-hydrogen) atoms. The lowest BCUT2D eigenvalue weighted by atomic mass is 10.0. The van der Waals surface area contributed by atoms with Gasteiger partial charge in [-0.15, -0.1) is 0 Å². The van der Waals surface area contributed by atoms with E-state index in [0.717, 1.165) is 70.6 Å². The number of carbonyl (C=O) groups excluding carboxylic acids is 3. The molecule has 0 spiro atoms. The maximum Gasteiger partial charge on any atom is 0.306 e. The lowest BCUT2D eigenvalue weighted by Crippen LogP contribution is -2.30. The molecule has 0 saturated heterocycles. The second kappa shape index (κ2) is 64.9. The van der Waals surface area contributed by atoms with E-state index >= 15 is 0 Å². The zero-order valence-electron chi connectivity index (χ0n) is 51.0. The van der Waals surface area contributed by atoms with Crippen LogP contribution < -0.4 is 0 Å². The highest BCUT2D eigenvalue weighted by Crippen LogP contribution is 2.17. The molecule has 0 heterocycles. The molecule has 0 aliphatic carbocycles. The van der Waals surface area contributed by atoms with E-state index in [4.69, 9.17) is 14.2 Å². The monoisotopic (exact) mass is 1060 g/mol. The minimum absolute atomic E-state index is 0.0721. The summed E-state index contributed by atoms with van der Waals surface area (Å²) in [4.78, 5) is 38.4. The van der Waals surface area contributed by atoms with Crippen molar-refractivity contribution in [3.63, 3.8) is 0 Å². The number of carbonyl (C=O) groups is 3. The Morgan fingerprint density at radius 2 is 0.474 bits per heavy atom. The molecule has 0 amide bonds. The van der Waals surface area contributed by atoms with Crippen LogP contribution in [0, 0.1) is 0 Å². The van der Waals surface area contributed by atoms with Gasteiger partial charge in [0.15, 0.2) is 6.10 Å². The second-order valence-electron chi connectivity index (χ2n) is 22.7. The van der Waals surface area contributed by atoms with Crippen molar-refractivity contribution in [1.29, 1.82) is 0 Å². The minimum atomic E-state index is -0.777. The molecule has 0 aliphatic rings. The number of allylic oxidation sites excluding steroid dienone is 8. The normalized spacial score (nSPS) is 12.3. The summed E-state index contributed by atoms with van der Waals surface area (Å²) in [5.41, 5.74) is 0. The van der Waals surface area contributed by atoms with Gasteiger partial charge in [0.1, 0.15) is 13.2 Å². The molecule has 0 bridgehead atoms. The summed E-state index contributed by atoms with van der Waals surface area (Å²) in [5.74, 6) is -0.856. The molecule has 444 valence electrons. The first-order valence-electron chi connectivity index (χ1n) is 33.6. The van der Waals surface area contributed by atoms with E-state index in [2.05, 4.69) is 69.4 Å². The Morgan fingerprint density at radius 3 is 0.724 bits per heavy atom. The van der Waals surface area contributed by atoms with Crippen molar-refractivity contribution in [2.75, 3.05) is 13.2 Å². The Bertz CT molecular complexity index is 1310. The average molecular weight is 1070 g/mol. The second-order valence-corrected chi connectivity index (χ2v) is 22.7. The highest BCUT2D eigenvalue weighted by molar-refractivity contribution is 5.71. The Balaban J connectivity index is 4.34. The Labute approximate surface area is 473 Å². The first-order chi connectivity index (χ1) is 37.5. The first-order valence-corrected chi connectivity index (χ1v) is 33.6. The standard InChI is InChI=1S/C70H128O6/c1-4-7-10-13-16-19-22-25-28-31-33-35-37-39-42-45-48-51-54-57-60-63-69(72)75-66-67(65-74-68(71)62-59-56-53-50-47-44-41-30-27-24-21-18-15-12-9-6-3)76-70(73)64-61-58-55-52-49-46-43-40-38-36-34-32-29-26-23-20-17-14-11-8-5-2/h22-23,25-26,31-34,67H,4-21,24,27-30,35-66H2,1-3H3/b25-22-,26-23-,33-31-,34-32-. The van der Waals surface area contributed by atoms with Crippen LogP contribution in [0.15, 0.2) is 48.6 Å². The van der Waals surface area contributed by atoms with Crippen molar-refractivity contribution in [3.05, 3.63) is 48.6 Å². The zero-order valence-corrected chi connectivity index (χ0v) is 51.0. The molecular weight excluding hydrogens is 937 g/mol. The summed E-state index contributed by atoms with van der Waals surface area (Å²) < 4.78 is 17.0. The van der Waals surface area contributed by atoms with Crippen LogP contribution in [-0.4, -0.2) is 37.2 Å². The summed E-state index contributed by atoms with van der Waals surface area (Å²) in [6, 6.07) is 0. The minimum Gasteiger partial charge on any atom is -0.462 e. The van der Waals surface area contributed by atoms with E-state index in [0.29, 0.717) is 19.3 Å². The van der Waals surface area contributed by atoms with Crippen molar-refractivity contribution in [1.82, 2.24) is 0 Å². The van der Waals surface area contributed by atoms with Crippen LogP contribution in [0.3, 0.4) is 0 Å². The lowest BCUT2D eigenvalue weighted by Gasteiger charge is -2.18. The van der Waals surface area contributed by atoms with Gasteiger partial charge < -0.3 is 14.2 Å². The predicted molar refractivity (Wildman–Crippen MR) is 330 cm³/mol. The third-order valence-electron chi connectivity index (χ3n) is 15.1. The number of unbranched alkanes of at least 4 members (excludes halogenated alkanes) is 43. The first kappa shape index (κ1) is 73.4. The van der Waals surface area contributed by atoms with Crippen LogP contribution in [0.2, 0.25) is 0 Å². The van der Waals surface area contributed by atoms with Crippen LogP contribution in [0.5, 0.6) is 0 Å². The fourth-order valence-corrected chi connectivity index (χ4v) is 9.98.